The Bertz CT molecular complexity index is 1050. The molecule has 0 bridgehead atoms. The lowest BCUT2D eigenvalue weighted by molar-refractivity contribution is -0.128. The first-order chi connectivity index (χ1) is 12.7. The van der Waals surface area contributed by atoms with Crippen LogP contribution in [0.3, 0.4) is 0 Å². The number of fused-ring (bicyclic) bond motifs is 1. The normalized spacial score (nSPS) is 18.5. The molecule has 1 saturated carbocycles. The molecule has 142 valence electrons. The first kappa shape index (κ1) is 18.3. The minimum atomic E-state index is -3.71. The summed E-state index contributed by atoms with van der Waals surface area (Å²) < 4.78 is 27.9. The van der Waals surface area contributed by atoms with E-state index in [1.54, 1.807) is 12.3 Å². The third-order valence-electron chi connectivity index (χ3n) is 4.87. The lowest BCUT2D eigenvalue weighted by Gasteiger charge is -2.26. The van der Waals surface area contributed by atoms with Crippen LogP contribution in [0.2, 0.25) is 0 Å². The van der Waals surface area contributed by atoms with Crippen molar-refractivity contribution in [3.05, 3.63) is 45.4 Å². The number of rotatable bonds is 5. The van der Waals surface area contributed by atoms with Gasteiger partial charge in [0.05, 0.1) is 22.9 Å². The second kappa shape index (κ2) is 6.22. The molecule has 1 aromatic carbocycles. The van der Waals surface area contributed by atoms with Gasteiger partial charge in [-0.2, -0.15) is 0 Å². The molecule has 27 heavy (non-hydrogen) atoms. The lowest BCUT2D eigenvalue weighted by Crippen LogP contribution is -2.42. The van der Waals surface area contributed by atoms with Gasteiger partial charge < -0.3 is 0 Å². The van der Waals surface area contributed by atoms with Crippen LogP contribution >= 0.6 is 11.3 Å². The summed E-state index contributed by atoms with van der Waals surface area (Å²) in [5.74, 6) is -0.764. The van der Waals surface area contributed by atoms with Crippen LogP contribution in [-0.4, -0.2) is 35.7 Å². The van der Waals surface area contributed by atoms with Gasteiger partial charge in [-0.3, -0.25) is 14.5 Å². The van der Waals surface area contributed by atoms with Crippen molar-refractivity contribution in [2.75, 3.05) is 0 Å². The fourth-order valence-electron chi connectivity index (χ4n) is 3.06. The fourth-order valence-corrected chi connectivity index (χ4v) is 5.33. The van der Waals surface area contributed by atoms with E-state index in [0.717, 1.165) is 22.7 Å². The molecule has 0 radical (unpaired) electrons. The van der Waals surface area contributed by atoms with Crippen molar-refractivity contribution in [2.24, 2.45) is 0 Å². The molecule has 1 aromatic heterocycles. The zero-order valence-corrected chi connectivity index (χ0v) is 16.6. The number of hydrogen-bond acceptors (Lipinski definition) is 6. The second-order valence-corrected chi connectivity index (χ2v) is 10.3. The fraction of sp³-hybridized carbons (Fsp3) is 0.389. The van der Waals surface area contributed by atoms with Crippen LogP contribution in [0, 0.1) is 6.92 Å². The van der Waals surface area contributed by atoms with Gasteiger partial charge in [0.25, 0.3) is 5.91 Å². The molecular formula is C18H19N3O4S2. The molecule has 2 aromatic rings. The Kier molecular flexibility index (Phi) is 4.21. The van der Waals surface area contributed by atoms with E-state index in [1.807, 2.05) is 13.8 Å². The summed E-state index contributed by atoms with van der Waals surface area (Å²) in [4.78, 5) is 31.5. The van der Waals surface area contributed by atoms with Gasteiger partial charge in [0.2, 0.25) is 15.9 Å². The Balaban J connectivity index is 1.64. The van der Waals surface area contributed by atoms with Crippen LogP contribution in [0.25, 0.3) is 0 Å². The van der Waals surface area contributed by atoms with Crippen LogP contribution in [0.15, 0.2) is 29.3 Å². The van der Waals surface area contributed by atoms with Gasteiger partial charge >= 0.3 is 0 Å². The predicted octanol–water partition coefficient (Wildman–Crippen LogP) is 2.01. The molecule has 7 nitrogen and oxygen atoms in total. The summed E-state index contributed by atoms with van der Waals surface area (Å²) >= 11 is 1.42. The van der Waals surface area contributed by atoms with Crippen LogP contribution in [0.4, 0.5) is 0 Å². The van der Waals surface area contributed by atoms with Gasteiger partial charge in [0.15, 0.2) is 0 Å². The van der Waals surface area contributed by atoms with Gasteiger partial charge in [-0.25, -0.2) is 18.1 Å². The van der Waals surface area contributed by atoms with Crippen molar-refractivity contribution >= 4 is 33.2 Å². The number of hydrogen-bond donors (Lipinski definition) is 1. The molecule has 0 saturated heterocycles. The zero-order chi connectivity index (χ0) is 19.4. The van der Waals surface area contributed by atoms with Crippen LogP contribution in [0.1, 0.15) is 45.6 Å². The quantitative estimate of drug-likeness (QED) is 0.768. The number of thiazole rings is 1. The van der Waals surface area contributed by atoms with Crippen LogP contribution < -0.4 is 4.72 Å². The van der Waals surface area contributed by atoms with E-state index in [2.05, 4.69) is 9.71 Å². The van der Waals surface area contributed by atoms with E-state index in [1.165, 1.54) is 28.4 Å². The van der Waals surface area contributed by atoms with E-state index in [9.17, 15) is 18.0 Å². The SMILES string of the molecule is Cc1ncc(CN2C(=O)Cc3ccc(S(=O)(=O)NC4(C)CC4)cc3C2=O)s1. The molecule has 1 aliphatic carbocycles. The van der Waals surface area contributed by atoms with E-state index in [4.69, 9.17) is 0 Å². The monoisotopic (exact) mass is 405 g/mol. The molecule has 0 atom stereocenters. The highest BCUT2D eigenvalue weighted by Gasteiger charge is 2.41. The molecule has 2 aliphatic rings. The molecule has 1 aliphatic heterocycles. The maximum atomic E-state index is 12.9. The molecule has 9 heteroatoms. The number of nitrogens with one attached hydrogen (secondary N) is 1. The number of amides is 2. The molecule has 4 rings (SSSR count). The smallest absolute Gasteiger partial charge is 0.261 e. The topological polar surface area (TPSA) is 96.4 Å². The van der Waals surface area contributed by atoms with Crippen molar-refractivity contribution in [2.45, 2.75) is 50.1 Å². The van der Waals surface area contributed by atoms with Crippen molar-refractivity contribution in [3.8, 4) is 0 Å². The minimum absolute atomic E-state index is 0.0469. The summed E-state index contributed by atoms with van der Waals surface area (Å²) in [5, 5.41) is 0.857. The zero-order valence-electron chi connectivity index (χ0n) is 15.0. The van der Waals surface area contributed by atoms with Gasteiger partial charge in [0.1, 0.15) is 0 Å². The Morgan fingerprint density at radius 3 is 2.67 bits per heavy atom. The number of benzene rings is 1. The van der Waals surface area contributed by atoms with Gasteiger partial charge in [-0.1, -0.05) is 6.07 Å². The first-order valence-electron chi connectivity index (χ1n) is 8.60. The van der Waals surface area contributed by atoms with E-state index in [-0.39, 0.29) is 29.3 Å². The summed E-state index contributed by atoms with van der Waals surface area (Å²) in [7, 11) is -3.71. The molecule has 2 heterocycles. The maximum absolute atomic E-state index is 12.9. The number of aryl methyl sites for hydroxylation is 1. The average molecular weight is 406 g/mol. The molecule has 1 fully saturated rings. The maximum Gasteiger partial charge on any atom is 0.261 e. The third kappa shape index (κ3) is 3.54. The molecule has 0 unspecified atom stereocenters. The number of carbonyl (C=O) groups is 2. The Hall–Kier alpha value is -2.10. The number of carbonyl (C=O) groups excluding carboxylic acids is 2. The number of aromatic nitrogens is 1. The second-order valence-electron chi connectivity index (χ2n) is 7.29. The summed E-state index contributed by atoms with van der Waals surface area (Å²) in [6, 6.07) is 4.39. The molecule has 0 spiro atoms. The average Bonchev–Trinajstić information content (AvgIpc) is 3.16. The number of nitrogens with zero attached hydrogens (tertiary/aromatic N) is 2. The van der Waals surface area contributed by atoms with Crippen molar-refractivity contribution < 1.29 is 18.0 Å². The predicted molar refractivity (Wildman–Crippen MR) is 99.8 cm³/mol. The van der Waals surface area contributed by atoms with Gasteiger partial charge in [0, 0.05) is 22.2 Å². The molecule has 2 amide bonds. The van der Waals surface area contributed by atoms with E-state index >= 15 is 0 Å². The highest BCUT2D eigenvalue weighted by molar-refractivity contribution is 7.89. The lowest BCUT2D eigenvalue weighted by atomic mass is 9.98. The molecule has 1 N–H and O–H groups in total. The number of sulfonamides is 1. The standard InChI is InChI=1S/C18H19N3O4S2/c1-11-19-9-13(26-11)10-21-16(22)7-12-3-4-14(8-15(12)17(21)23)27(24,25)20-18(2)5-6-18/h3-4,8-9,20H,5-7,10H2,1-2H3. The Labute approximate surface area is 161 Å². The summed E-state index contributed by atoms with van der Waals surface area (Å²) in [6.45, 7) is 3.86. The minimum Gasteiger partial charge on any atom is -0.274 e. The van der Waals surface area contributed by atoms with Crippen molar-refractivity contribution in [1.82, 2.24) is 14.6 Å². The van der Waals surface area contributed by atoms with Crippen molar-refractivity contribution in [3.63, 3.8) is 0 Å². The Morgan fingerprint density at radius 1 is 1.30 bits per heavy atom. The Morgan fingerprint density at radius 2 is 2.04 bits per heavy atom. The first-order valence-corrected chi connectivity index (χ1v) is 10.9. The largest absolute Gasteiger partial charge is 0.274 e. The van der Waals surface area contributed by atoms with E-state index < -0.39 is 21.5 Å². The van der Waals surface area contributed by atoms with Gasteiger partial charge in [-0.15, -0.1) is 11.3 Å². The van der Waals surface area contributed by atoms with Gasteiger partial charge in [-0.05, 0) is 44.4 Å². The summed E-state index contributed by atoms with van der Waals surface area (Å²) in [6.07, 6.45) is 3.32. The summed E-state index contributed by atoms with van der Waals surface area (Å²) in [5.41, 5.74) is 0.420. The third-order valence-corrected chi connectivity index (χ3v) is 7.41. The number of imide groups is 1. The highest BCUT2D eigenvalue weighted by atomic mass is 32.2. The van der Waals surface area contributed by atoms with Crippen LogP contribution in [-0.2, 0) is 27.8 Å². The van der Waals surface area contributed by atoms with Crippen LogP contribution in [0.5, 0.6) is 0 Å². The van der Waals surface area contributed by atoms with Crippen molar-refractivity contribution in [1.29, 1.82) is 0 Å². The molecular weight excluding hydrogens is 386 g/mol. The highest BCUT2D eigenvalue weighted by Crippen LogP contribution is 2.36. The van der Waals surface area contributed by atoms with E-state index in [0.29, 0.717) is 5.56 Å².